The first-order chi connectivity index (χ1) is 14.1. The molecule has 0 atom stereocenters. The standard InChI is InChI=1S/C22H24FN3O3/c23-19-14-17(22(28)24-29)13-16-5-9-25(10-7-18(16)19)11-8-21(27)26-12-6-15-3-1-2-4-20(15)26/h1-4,13-14,29H,5-12H2,(H,24,28). The van der Waals surface area contributed by atoms with E-state index in [0.717, 1.165) is 30.3 Å². The highest BCUT2D eigenvalue weighted by Gasteiger charge is 2.25. The molecular formula is C22H24FN3O3. The lowest BCUT2D eigenvalue weighted by Gasteiger charge is -2.22. The molecule has 4 rings (SSSR count). The van der Waals surface area contributed by atoms with Gasteiger partial charge in [0.15, 0.2) is 0 Å². The van der Waals surface area contributed by atoms with Crippen molar-refractivity contribution in [2.24, 2.45) is 0 Å². The van der Waals surface area contributed by atoms with Crippen molar-refractivity contribution in [3.63, 3.8) is 0 Å². The second-order valence-corrected chi connectivity index (χ2v) is 7.55. The van der Waals surface area contributed by atoms with Crippen LogP contribution >= 0.6 is 0 Å². The van der Waals surface area contributed by atoms with Crippen LogP contribution in [0.2, 0.25) is 0 Å². The zero-order chi connectivity index (χ0) is 20.4. The summed E-state index contributed by atoms with van der Waals surface area (Å²) in [6.45, 7) is 2.71. The third-order valence-corrected chi connectivity index (χ3v) is 5.86. The number of carbonyl (C=O) groups excluding carboxylic acids is 2. The lowest BCUT2D eigenvalue weighted by atomic mass is 9.99. The van der Waals surface area contributed by atoms with Crippen molar-refractivity contribution < 1.29 is 19.2 Å². The fourth-order valence-electron chi connectivity index (χ4n) is 4.26. The SMILES string of the molecule is O=C(NO)c1cc(F)c2c(c1)CCN(CCC(=O)N1CCc3ccccc31)CC2. The summed E-state index contributed by atoms with van der Waals surface area (Å²) in [6, 6.07) is 10.8. The maximum Gasteiger partial charge on any atom is 0.274 e. The van der Waals surface area contributed by atoms with Crippen molar-refractivity contribution in [1.82, 2.24) is 10.4 Å². The Morgan fingerprint density at radius 3 is 2.62 bits per heavy atom. The number of rotatable bonds is 4. The highest BCUT2D eigenvalue weighted by molar-refractivity contribution is 5.95. The summed E-state index contributed by atoms with van der Waals surface area (Å²) in [5, 5.41) is 8.79. The van der Waals surface area contributed by atoms with E-state index >= 15 is 0 Å². The number of hydrogen-bond donors (Lipinski definition) is 2. The Morgan fingerprint density at radius 1 is 1.03 bits per heavy atom. The minimum Gasteiger partial charge on any atom is -0.312 e. The Morgan fingerprint density at radius 2 is 1.79 bits per heavy atom. The largest absolute Gasteiger partial charge is 0.312 e. The summed E-state index contributed by atoms with van der Waals surface area (Å²) in [5.41, 5.74) is 5.28. The van der Waals surface area contributed by atoms with Crippen LogP contribution in [0.25, 0.3) is 0 Å². The minimum atomic E-state index is -0.718. The first-order valence-corrected chi connectivity index (χ1v) is 9.93. The van der Waals surface area contributed by atoms with Gasteiger partial charge in [-0.15, -0.1) is 0 Å². The van der Waals surface area contributed by atoms with Gasteiger partial charge in [-0.1, -0.05) is 18.2 Å². The van der Waals surface area contributed by atoms with Gasteiger partial charge in [0.2, 0.25) is 5.91 Å². The molecule has 2 aliphatic rings. The van der Waals surface area contributed by atoms with Crippen molar-refractivity contribution in [3.8, 4) is 0 Å². The monoisotopic (exact) mass is 397 g/mol. The number of para-hydroxylation sites is 1. The Bertz CT molecular complexity index is 947. The molecule has 152 valence electrons. The average Bonchev–Trinajstić information content (AvgIpc) is 3.06. The smallest absolute Gasteiger partial charge is 0.274 e. The third kappa shape index (κ3) is 4.02. The van der Waals surface area contributed by atoms with Crippen LogP contribution in [0.4, 0.5) is 10.1 Å². The summed E-state index contributed by atoms with van der Waals surface area (Å²) < 4.78 is 14.5. The summed E-state index contributed by atoms with van der Waals surface area (Å²) in [7, 11) is 0. The molecule has 0 radical (unpaired) electrons. The number of carbonyl (C=O) groups is 2. The first-order valence-electron chi connectivity index (χ1n) is 9.93. The number of nitrogens with one attached hydrogen (secondary N) is 1. The van der Waals surface area contributed by atoms with Crippen LogP contribution in [0.3, 0.4) is 0 Å². The molecule has 0 saturated heterocycles. The Kier molecular flexibility index (Phi) is 5.60. The van der Waals surface area contributed by atoms with E-state index in [1.54, 1.807) is 11.5 Å². The molecule has 29 heavy (non-hydrogen) atoms. The molecular weight excluding hydrogens is 373 g/mol. The van der Waals surface area contributed by atoms with Crippen LogP contribution in [-0.2, 0) is 24.1 Å². The molecule has 2 aromatic rings. The summed E-state index contributed by atoms with van der Waals surface area (Å²) in [5.74, 6) is -1.03. The zero-order valence-electron chi connectivity index (χ0n) is 16.2. The molecule has 2 N–H and O–H groups in total. The van der Waals surface area contributed by atoms with Gasteiger partial charge in [-0.05, 0) is 54.2 Å². The minimum absolute atomic E-state index is 0.111. The lowest BCUT2D eigenvalue weighted by Crippen LogP contribution is -2.34. The van der Waals surface area contributed by atoms with E-state index in [2.05, 4.69) is 11.0 Å². The molecule has 2 aliphatic heterocycles. The average molecular weight is 397 g/mol. The van der Waals surface area contributed by atoms with Gasteiger partial charge < -0.3 is 9.80 Å². The predicted molar refractivity (Wildman–Crippen MR) is 107 cm³/mol. The van der Waals surface area contributed by atoms with Crippen LogP contribution in [0.15, 0.2) is 36.4 Å². The Labute approximate surface area is 168 Å². The number of hydrogen-bond acceptors (Lipinski definition) is 4. The zero-order valence-corrected chi connectivity index (χ0v) is 16.2. The number of halogens is 1. The van der Waals surface area contributed by atoms with E-state index in [-0.39, 0.29) is 11.5 Å². The normalized spacial score (nSPS) is 16.1. The second kappa shape index (κ2) is 8.31. The topological polar surface area (TPSA) is 72.9 Å². The fourth-order valence-corrected chi connectivity index (χ4v) is 4.26. The number of nitrogens with zero attached hydrogens (tertiary/aromatic N) is 2. The molecule has 7 heteroatoms. The molecule has 6 nitrogen and oxygen atoms in total. The molecule has 0 aliphatic carbocycles. The molecule has 0 unspecified atom stereocenters. The number of benzene rings is 2. The van der Waals surface area contributed by atoms with Gasteiger partial charge in [-0.25, -0.2) is 9.87 Å². The first kappa shape index (κ1) is 19.5. The lowest BCUT2D eigenvalue weighted by molar-refractivity contribution is -0.118. The van der Waals surface area contributed by atoms with E-state index < -0.39 is 11.7 Å². The number of fused-ring (bicyclic) bond motifs is 2. The molecule has 0 fully saturated rings. The van der Waals surface area contributed by atoms with E-state index in [1.807, 2.05) is 23.1 Å². The second-order valence-electron chi connectivity index (χ2n) is 7.55. The van der Waals surface area contributed by atoms with Gasteiger partial charge in [-0.2, -0.15) is 0 Å². The van der Waals surface area contributed by atoms with Gasteiger partial charge in [-0.3, -0.25) is 14.8 Å². The van der Waals surface area contributed by atoms with Crippen LogP contribution in [0, 0.1) is 5.82 Å². The van der Waals surface area contributed by atoms with Gasteiger partial charge >= 0.3 is 0 Å². The Hall–Kier alpha value is -2.77. The maximum atomic E-state index is 14.5. The molecule has 2 amide bonds. The highest BCUT2D eigenvalue weighted by atomic mass is 19.1. The number of anilines is 1. The summed E-state index contributed by atoms with van der Waals surface area (Å²) in [6.07, 6.45) is 2.44. The van der Waals surface area contributed by atoms with Gasteiger partial charge in [0.1, 0.15) is 5.82 Å². The summed E-state index contributed by atoms with van der Waals surface area (Å²) in [4.78, 5) is 28.4. The predicted octanol–water partition coefficient (Wildman–Crippen LogP) is 2.32. The van der Waals surface area contributed by atoms with Crippen molar-refractivity contribution in [3.05, 3.63) is 64.5 Å². The maximum absolute atomic E-state index is 14.5. The highest BCUT2D eigenvalue weighted by Crippen LogP contribution is 2.28. The summed E-state index contributed by atoms with van der Waals surface area (Å²) >= 11 is 0. The molecule has 0 spiro atoms. The molecule has 0 aromatic heterocycles. The third-order valence-electron chi connectivity index (χ3n) is 5.86. The van der Waals surface area contributed by atoms with E-state index in [0.29, 0.717) is 44.5 Å². The van der Waals surface area contributed by atoms with E-state index in [1.165, 1.54) is 5.56 Å². The molecule has 2 aromatic carbocycles. The van der Waals surface area contributed by atoms with Crippen molar-refractivity contribution >= 4 is 17.5 Å². The van der Waals surface area contributed by atoms with Gasteiger partial charge in [0.25, 0.3) is 5.91 Å². The van der Waals surface area contributed by atoms with Gasteiger partial charge in [0.05, 0.1) is 0 Å². The van der Waals surface area contributed by atoms with Crippen molar-refractivity contribution in [2.75, 3.05) is 31.1 Å². The fraction of sp³-hybridized carbons (Fsp3) is 0.364. The molecule has 2 heterocycles. The number of hydroxylamine groups is 1. The van der Waals surface area contributed by atoms with Crippen LogP contribution < -0.4 is 10.4 Å². The number of amides is 2. The quantitative estimate of drug-likeness (QED) is 0.614. The van der Waals surface area contributed by atoms with Crippen LogP contribution in [0.5, 0.6) is 0 Å². The van der Waals surface area contributed by atoms with Crippen LogP contribution in [0.1, 0.15) is 33.5 Å². The van der Waals surface area contributed by atoms with Crippen molar-refractivity contribution in [2.45, 2.75) is 25.7 Å². The molecule has 0 bridgehead atoms. The van der Waals surface area contributed by atoms with Crippen LogP contribution in [-0.4, -0.2) is 48.1 Å². The Balaban J connectivity index is 1.38. The molecule has 0 saturated carbocycles. The van der Waals surface area contributed by atoms with E-state index in [9.17, 15) is 14.0 Å². The van der Waals surface area contributed by atoms with Crippen molar-refractivity contribution in [1.29, 1.82) is 0 Å². The van der Waals surface area contributed by atoms with Gasteiger partial charge in [0, 0.05) is 43.9 Å². The van der Waals surface area contributed by atoms with E-state index in [4.69, 9.17) is 5.21 Å².